The summed E-state index contributed by atoms with van der Waals surface area (Å²) in [6.45, 7) is 4.26. The standard InChI is InChI=1S/C9H16N4O2/c1-10-7-6-13(9(14)15)5-4-8(7)12(3)11-2/h11H,1,4-6H2,2-3H3,(H,14,15). The molecule has 0 aromatic carbocycles. The van der Waals surface area contributed by atoms with E-state index in [1.807, 2.05) is 12.1 Å². The first-order chi connectivity index (χ1) is 7.10. The fraction of sp³-hybridized carbons (Fsp3) is 0.556. The van der Waals surface area contributed by atoms with E-state index < -0.39 is 6.09 Å². The lowest BCUT2D eigenvalue weighted by atomic mass is 10.1. The highest BCUT2D eigenvalue weighted by atomic mass is 16.4. The van der Waals surface area contributed by atoms with E-state index >= 15 is 0 Å². The second-order valence-corrected chi connectivity index (χ2v) is 3.29. The molecule has 1 heterocycles. The van der Waals surface area contributed by atoms with Gasteiger partial charge in [-0.3, -0.25) is 4.99 Å². The van der Waals surface area contributed by atoms with Gasteiger partial charge < -0.3 is 15.0 Å². The SMILES string of the molecule is C=NC1=C(N(C)NC)CCN(C(=O)O)C1. The Bertz CT molecular complexity index is 300. The molecular weight excluding hydrogens is 196 g/mol. The van der Waals surface area contributed by atoms with Crippen LogP contribution in [-0.4, -0.2) is 55.0 Å². The number of hydrazine groups is 1. The van der Waals surface area contributed by atoms with Gasteiger partial charge in [-0.25, -0.2) is 10.2 Å². The largest absolute Gasteiger partial charge is 0.465 e. The Morgan fingerprint density at radius 1 is 1.73 bits per heavy atom. The predicted molar refractivity (Wildman–Crippen MR) is 57.6 cm³/mol. The lowest BCUT2D eigenvalue weighted by Gasteiger charge is -2.31. The van der Waals surface area contributed by atoms with Crippen LogP contribution in [0.4, 0.5) is 4.79 Å². The highest BCUT2D eigenvalue weighted by molar-refractivity contribution is 5.65. The lowest BCUT2D eigenvalue weighted by molar-refractivity contribution is 0.143. The molecule has 0 aromatic heterocycles. The number of amides is 1. The normalized spacial score (nSPS) is 16.5. The fourth-order valence-electron chi connectivity index (χ4n) is 1.54. The van der Waals surface area contributed by atoms with E-state index in [0.29, 0.717) is 25.2 Å². The van der Waals surface area contributed by atoms with Crippen molar-refractivity contribution >= 4 is 12.8 Å². The van der Waals surface area contributed by atoms with E-state index in [2.05, 4.69) is 17.1 Å². The molecule has 84 valence electrons. The summed E-state index contributed by atoms with van der Waals surface area (Å²) in [6, 6.07) is 0. The van der Waals surface area contributed by atoms with Gasteiger partial charge in [-0.2, -0.15) is 0 Å². The van der Waals surface area contributed by atoms with Gasteiger partial charge in [0.1, 0.15) is 0 Å². The van der Waals surface area contributed by atoms with Gasteiger partial charge in [0.2, 0.25) is 0 Å². The summed E-state index contributed by atoms with van der Waals surface area (Å²) < 4.78 is 0. The van der Waals surface area contributed by atoms with Crippen molar-refractivity contribution in [1.82, 2.24) is 15.3 Å². The monoisotopic (exact) mass is 212 g/mol. The second-order valence-electron chi connectivity index (χ2n) is 3.29. The summed E-state index contributed by atoms with van der Waals surface area (Å²) in [5.41, 5.74) is 4.66. The molecule has 1 aliphatic rings. The van der Waals surface area contributed by atoms with Gasteiger partial charge in [0.05, 0.1) is 17.9 Å². The topological polar surface area (TPSA) is 68.2 Å². The number of nitrogens with zero attached hydrogens (tertiary/aromatic N) is 3. The van der Waals surface area contributed by atoms with Crippen LogP contribution in [0.15, 0.2) is 16.4 Å². The Morgan fingerprint density at radius 2 is 2.40 bits per heavy atom. The molecule has 0 bridgehead atoms. The minimum Gasteiger partial charge on any atom is -0.465 e. The van der Waals surface area contributed by atoms with Crippen LogP contribution in [0.1, 0.15) is 6.42 Å². The van der Waals surface area contributed by atoms with Crippen molar-refractivity contribution in [2.75, 3.05) is 27.2 Å². The zero-order valence-electron chi connectivity index (χ0n) is 9.03. The highest BCUT2D eigenvalue weighted by Crippen LogP contribution is 2.19. The molecule has 0 fully saturated rings. The van der Waals surface area contributed by atoms with Gasteiger partial charge in [0, 0.05) is 27.1 Å². The summed E-state index contributed by atoms with van der Waals surface area (Å²) in [6.07, 6.45) is -0.264. The lowest BCUT2D eigenvalue weighted by Crippen LogP contribution is -2.41. The van der Waals surface area contributed by atoms with Gasteiger partial charge in [-0.1, -0.05) is 0 Å². The van der Waals surface area contributed by atoms with Crippen LogP contribution < -0.4 is 5.43 Å². The Labute approximate surface area is 88.9 Å². The average Bonchev–Trinajstić information content (AvgIpc) is 2.27. The summed E-state index contributed by atoms with van der Waals surface area (Å²) in [4.78, 5) is 16.0. The van der Waals surface area contributed by atoms with Crippen LogP contribution in [0.3, 0.4) is 0 Å². The third-order valence-electron chi connectivity index (χ3n) is 2.49. The number of hydrogen-bond acceptors (Lipinski definition) is 4. The molecule has 0 radical (unpaired) electrons. The summed E-state index contributed by atoms with van der Waals surface area (Å²) in [7, 11) is 3.67. The Hall–Kier alpha value is -1.56. The highest BCUT2D eigenvalue weighted by Gasteiger charge is 2.23. The summed E-state index contributed by atoms with van der Waals surface area (Å²) >= 11 is 0. The number of carbonyl (C=O) groups is 1. The molecule has 1 amide bonds. The third-order valence-corrected chi connectivity index (χ3v) is 2.49. The first-order valence-electron chi connectivity index (χ1n) is 4.68. The molecule has 0 spiro atoms. The van der Waals surface area contributed by atoms with E-state index in [-0.39, 0.29) is 0 Å². The van der Waals surface area contributed by atoms with Crippen LogP contribution in [0.25, 0.3) is 0 Å². The third kappa shape index (κ3) is 2.47. The summed E-state index contributed by atoms with van der Waals surface area (Å²) in [5, 5.41) is 10.7. The molecule has 0 saturated heterocycles. The van der Waals surface area contributed by atoms with E-state index in [1.54, 1.807) is 7.05 Å². The molecule has 1 aliphatic heterocycles. The molecule has 6 nitrogen and oxygen atoms in total. The van der Waals surface area contributed by atoms with Gasteiger partial charge >= 0.3 is 6.09 Å². The predicted octanol–water partition coefficient (Wildman–Crippen LogP) is 0.348. The number of aliphatic imine (C=N–C) groups is 1. The van der Waals surface area contributed by atoms with Crippen LogP contribution in [0, 0.1) is 0 Å². The molecule has 2 N–H and O–H groups in total. The van der Waals surface area contributed by atoms with E-state index in [4.69, 9.17) is 5.11 Å². The maximum Gasteiger partial charge on any atom is 0.407 e. The fourth-order valence-corrected chi connectivity index (χ4v) is 1.54. The van der Waals surface area contributed by atoms with E-state index in [9.17, 15) is 4.79 Å². The zero-order valence-corrected chi connectivity index (χ0v) is 9.03. The van der Waals surface area contributed by atoms with Crippen LogP contribution >= 0.6 is 0 Å². The molecule has 0 aromatic rings. The quantitative estimate of drug-likeness (QED) is 0.523. The smallest absolute Gasteiger partial charge is 0.407 e. The molecule has 0 unspecified atom stereocenters. The molecule has 1 rings (SSSR count). The molecule has 0 atom stereocenters. The first kappa shape index (κ1) is 11.5. The molecule has 0 aliphatic carbocycles. The maximum atomic E-state index is 10.8. The second kappa shape index (κ2) is 4.79. The van der Waals surface area contributed by atoms with Gasteiger partial charge in [-0.15, -0.1) is 0 Å². The van der Waals surface area contributed by atoms with Crippen molar-refractivity contribution < 1.29 is 9.90 Å². The van der Waals surface area contributed by atoms with Crippen LogP contribution in [-0.2, 0) is 0 Å². The molecule has 15 heavy (non-hydrogen) atoms. The van der Waals surface area contributed by atoms with Crippen molar-refractivity contribution in [2.24, 2.45) is 4.99 Å². The Morgan fingerprint density at radius 3 is 2.87 bits per heavy atom. The molecule has 6 heteroatoms. The van der Waals surface area contributed by atoms with Gasteiger partial charge in [0.15, 0.2) is 0 Å². The van der Waals surface area contributed by atoms with Crippen molar-refractivity contribution in [2.45, 2.75) is 6.42 Å². The van der Waals surface area contributed by atoms with Crippen molar-refractivity contribution in [3.05, 3.63) is 11.4 Å². The van der Waals surface area contributed by atoms with E-state index in [0.717, 1.165) is 5.70 Å². The molecular formula is C9H16N4O2. The minimum atomic E-state index is -0.915. The van der Waals surface area contributed by atoms with Gasteiger partial charge in [0.25, 0.3) is 0 Å². The van der Waals surface area contributed by atoms with Crippen LogP contribution in [0.2, 0.25) is 0 Å². The zero-order chi connectivity index (χ0) is 11.4. The Kier molecular flexibility index (Phi) is 3.68. The average molecular weight is 212 g/mol. The number of carboxylic acid groups (broad SMARTS) is 1. The van der Waals surface area contributed by atoms with Crippen LogP contribution in [0.5, 0.6) is 0 Å². The van der Waals surface area contributed by atoms with Gasteiger partial charge in [-0.05, 0) is 6.72 Å². The minimum absolute atomic E-state index is 0.306. The number of hydrogen-bond donors (Lipinski definition) is 2. The number of nitrogens with one attached hydrogen (secondary N) is 1. The van der Waals surface area contributed by atoms with Crippen molar-refractivity contribution in [3.63, 3.8) is 0 Å². The molecule has 0 saturated carbocycles. The van der Waals surface area contributed by atoms with Crippen molar-refractivity contribution in [1.29, 1.82) is 0 Å². The summed E-state index contributed by atoms with van der Waals surface area (Å²) in [5.74, 6) is 0. The number of rotatable bonds is 3. The Balaban J connectivity index is 2.86. The van der Waals surface area contributed by atoms with E-state index in [1.165, 1.54) is 4.90 Å². The first-order valence-corrected chi connectivity index (χ1v) is 4.68. The maximum absolute atomic E-state index is 10.8. The van der Waals surface area contributed by atoms with Crippen molar-refractivity contribution in [3.8, 4) is 0 Å².